The average Bonchev–Trinajstić information content (AvgIpc) is 3.33. The number of aromatic nitrogens is 2. The van der Waals surface area contributed by atoms with Gasteiger partial charge < -0.3 is 5.32 Å². The second-order valence-corrected chi connectivity index (χ2v) is 7.00. The Morgan fingerprint density at radius 3 is 2.42 bits per heavy atom. The lowest BCUT2D eigenvalue weighted by molar-refractivity contribution is -0.119. The number of amides is 1. The van der Waals surface area contributed by atoms with Gasteiger partial charge in [-0.2, -0.15) is 5.10 Å². The summed E-state index contributed by atoms with van der Waals surface area (Å²) in [7, 11) is 0. The van der Waals surface area contributed by atoms with Gasteiger partial charge in [0.05, 0.1) is 11.4 Å². The Morgan fingerprint density at radius 2 is 1.73 bits per heavy atom. The zero-order chi connectivity index (χ0) is 17.9. The van der Waals surface area contributed by atoms with Gasteiger partial charge in [-0.05, 0) is 31.9 Å². The van der Waals surface area contributed by atoms with E-state index in [1.807, 2.05) is 41.1 Å². The zero-order valence-corrected chi connectivity index (χ0v) is 15.0. The quantitative estimate of drug-likeness (QED) is 0.725. The number of anilines is 1. The number of benzene rings is 2. The molecule has 26 heavy (non-hydrogen) atoms. The first-order valence-electron chi connectivity index (χ1n) is 9.24. The highest BCUT2D eigenvalue weighted by Gasteiger charge is 2.24. The Hall–Kier alpha value is -2.88. The summed E-state index contributed by atoms with van der Waals surface area (Å²) in [6.45, 7) is 2.07. The summed E-state index contributed by atoms with van der Waals surface area (Å²) in [6.07, 6.45) is 4.25. The number of hydrogen-bond acceptors (Lipinski definition) is 2. The van der Waals surface area contributed by atoms with Gasteiger partial charge in [0.25, 0.3) is 0 Å². The van der Waals surface area contributed by atoms with E-state index >= 15 is 0 Å². The van der Waals surface area contributed by atoms with E-state index in [-0.39, 0.29) is 11.8 Å². The maximum absolute atomic E-state index is 12.6. The maximum Gasteiger partial charge on any atom is 0.228 e. The van der Waals surface area contributed by atoms with Crippen molar-refractivity contribution in [2.24, 2.45) is 5.92 Å². The molecular formula is C22H23N3O. The normalized spacial score (nSPS) is 14.5. The zero-order valence-electron chi connectivity index (χ0n) is 15.0. The van der Waals surface area contributed by atoms with Gasteiger partial charge >= 0.3 is 0 Å². The summed E-state index contributed by atoms with van der Waals surface area (Å²) in [5.41, 5.74) is 4.05. The van der Waals surface area contributed by atoms with E-state index in [9.17, 15) is 4.79 Å². The molecule has 1 saturated carbocycles. The fourth-order valence-corrected chi connectivity index (χ4v) is 3.52. The van der Waals surface area contributed by atoms with Crippen molar-refractivity contribution in [3.05, 3.63) is 66.2 Å². The Bertz CT molecular complexity index is 891. The van der Waals surface area contributed by atoms with Crippen molar-refractivity contribution in [1.29, 1.82) is 0 Å². The molecule has 1 aliphatic rings. The topological polar surface area (TPSA) is 46.9 Å². The van der Waals surface area contributed by atoms with Crippen LogP contribution in [0.5, 0.6) is 0 Å². The average molecular weight is 345 g/mol. The number of hydrogen-bond donors (Lipinski definition) is 1. The summed E-state index contributed by atoms with van der Waals surface area (Å²) in [4.78, 5) is 12.6. The van der Waals surface area contributed by atoms with Gasteiger partial charge in [-0.25, -0.2) is 4.68 Å². The number of para-hydroxylation sites is 1. The molecule has 0 spiro atoms. The fraction of sp³-hybridized carbons (Fsp3) is 0.273. The van der Waals surface area contributed by atoms with Crippen molar-refractivity contribution in [2.75, 3.05) is 5.32 Å². The van der Waals surface area contributed by atoms with Gasteiger partial charge in [-0.15, -0.1) is 0 Å². The van der Waals surface area contributed by atoms with Crippen LogP contribution in [-0.4, -0.2) is 15.7 Å². The van der Waals surface area contributed by atoms with E-state index in [1.165, 1.54) is 5.56 Å². The first kappa shape index (κ1) is 16.6. The highest BCUT2D eigenvalue weighted by Crippen LogP contribution is 2.29. The molecule has 0 bridgehead atoms. The largest absolute Gasteiger partial charge is 0.310 e. The van der Waals surface area contributed by atoms with E-state index in [2.05, 4.69) is 36.5 Å². The third kappa shape index (κ3) is 3.40. The Balaban J connectivity index is 1.70. The summed E-state index contributed by atoms with van der Waals surface area (Å²) in [5.74, 6) is 0.954. The van der Waals surface area contributed by atoms with Crippen LogP contribution in [0.3, 0.4) is 0 Å². The van der Waals surface area contributed by atoms with Crippen LogP contribution in [0, 0.1) is 12.8 Å². The van der Waals surface area contributed by atoms with Crippen LogP contribution in [-0.2, 0) is 4.79 Å². The fourth-order valence-electron chi connectivity index (χ4n) is 3.52. The lowest BCUT2D eigenvalue weighted by Gasteiger charge is -2.12. The molecule has 0 radical (unpaired) electrons. The number of rotatable bonds is 4. The van der Waals surface area contributed by atoms with Gasteiger partial charge in [0.15, 0.2) is 0 Å². The molecule has 1 aromatic heterocycles. The van der Waals surface area contributed by atoms with Crippen molar-refractivity contribution < 1.29 is 4.79 Å². The lowest BCUT2D eigenvalue weighted by atomic mass is 10.1. The second-order valence-electron chi connectivity index (χ2n) is 7.00. The van der Waals surface area contributed by atoms with Crippen molar-refractivity contribution in [2.45, 2.75) is 32.6 Å². The molecule has 0 atom stereocenters. The predicted molar refractivity (Wildman–Crippen MR) is 104 cm³/mol. The van der Waals surface area contributed by atoms with Crippen LogP contribution in [0.25, 0.3) is 16.9 Å². The van der Waals surface area contributed by atoms with Crippen LogP contribution in [0.2, 0.25) is 0 Å². The molecule has 1 heterocycles. The van der Waals surface area contributed by atoms with E-state index in [0.29, 0.717) is 0 Å². The van der Waals surface area contributed by atoms with E-state index in [4.69, 9.17) is 5.10 Å². The minimum absolute atomic E-state index is 0.107. The third-order valence-corrected chi connectivity index (χ3v) is 5.03. The summed E-state index contributed by atoms with van der Waals surface area (Å²) >= 11 is 0. The van der Waals surface area contributed by atoms with Crippen LogP contribution in [0.15, 0.2) is 60.7 Å². The number of nitrogens with zero attached hydrogens (tertiary/aromatic N) is 2. The smallest absolute Gasteiger partial charge is 0.228 e. The lowest BCUT2D eigenvalue weighted by Crippen LogP contribution is -2.22. The summed E-state index contributed by atoms with van der Waals surface area (Å²) < 4.78 is 1.82. The molecule has 2 aromatic carbocycles. The summed E-state index contributed by atoms with van der Waals surface area (Å²) in [5, 5.41) is 7.88. The molecular weight excluding hydrogens is 322 g/mol. The van der Waals surface area contributed by atoms with Crippen molar-refractivity contribution in [3.8, 4) is 16.9 Å². The van der Waals surface area contributed by atoms with Gasteiger partial charge in [0, 0.05) is 17.5 Å². The monoisotopic (exact) mass is 345 g/mol. The molecule has 4 rings (SSSR count). The van der Waals surface area contributed by atoms with Gasteiger partial charge in [-0.3, -0.25) is 4.79 Å². The number of carbonyl (C=O) groups is 1. The molecule has 0 aliphatic heterocycles. The molecule has 3 aromatic rings. The number of carbonyl (C=O) groups excluding carboxylic acids is 1. The summed E-state index contributed by atoms with van der Waals surface area (Å²) in [6, 6.07) is 20.2. The minimum atomic E-state index is 0.107. The molecule has 1 fully saturated rings. The second kappa shape index (κ2) is 7.16. The minimum Gasteiger partial charge on any atom is -0.310 e. The van der Waals surface area contributed by atoms with E-state index in [1.54, 1.807) is 0 Å². The highest BCUT2D eigenvalue weighted by atomic mass is 16.2. The third-order valence-electron chi connectivity index (χ3n) is 5.03. The van der Waals surface area contributed by atoms with E-state index in [0.717, 1.165) is 48.4 Å². The van der Waals surface area contributed by atoms with Crippen molar-refractivity contribution in [1.82, 2.24) is 9.78 Å². The standard InChI is InChI=1S/C22H23N3O/c1-16-11-13-17(14-12-16)20-15-21(23-22(26)18-7-5-6-8-18)25(24-20)19-9-3-2-4-10-19/h2-4,9-15,18H,5-8H2,1H3,(H,23,26). The Kier molecular flexibility index (Phi) is 4.57. The maximum atomic E-state index is 12.6. The highest BCUT2D eigenvalue weighted by molar-refractivity contribution is 5.92. The molecule has 1 amide bonds. The molecule has 1 aliphatic carbocycles. The van der Waals surface area contributed by atoms with Crippen molar-refractivity contribution >= 4 is 11.7 Å². The van der Waals surface area contributed by atoms with Crippen molar-refractivity contribution in [3.63, 3.8) is 0 Å². The molecule has 0 unspecified atom stereocenters. The van der Waals surface area contributed by atoms with Crippen LogP contribution < -0.4 is 5.32 Å². The molecule has 0 saturated heterocycles. The first-order chi connectivity index (χ1) is 12.7. The molecule has 4 nitrogen and oxygen atoms in total. The SMILES string of the molecule is Cc1ccc(-c2cc(NC(=O)C3CCCC3)n(-c3ccccc3)n2)cc1. The van der Waals surface area contributed by atoms with Gasteiger partial charge in [-0.1, -0.05) is 60.9 Å². The van der Waals surface area contributed by atoms with Crippen LogP contribution >= 0.6 is 0 Å². The first-order valence-corrected chi connectivity index (χ1v) is 9.24. The van der Waals surface area contributed by atoms with E-state index < -0.39 is 0 Å². The molecule has 4 heteroatoms. The number of nitrogens with one attached hydrogen (secondary N) is 1. The predicted octanol–water partition coefficient (Wildman–Crippen LogP) is 4.98. The molecule has 132 valence electrons. The van der Waals surface area contributed by atoms with Gasteiger partial charge in [0.2, 0.25) is 5.91 Å². The Morgan fingerprint density at radius 1 is 1.04 bits per heavy atom. The van der Waals surface area contributed by atoms with Crippen LogP contribution in [0.1, 0.15) is 31.2 Å². The van der Waals surface area contributed by atoms with Crippen LogP contribution in [0.4, 0.5) is 5.82 Å². The van der Waals surface area contributed by atoms with Gasteiger partial charge in [0.1, 0.15) is 5.82 Å². The Labute approximate surface area is 153 Å². The molecule has 1 N–H and O–H groups in total. The number of aryl methyl sites for hydroxylation is 1.